The van der Waals surface area contributed by atoms with Gasteiger partial charge in [0.05, 0.1) is 0 Å². The molecule has 0 fully saturated rings. The lowest BCUT2D eigenvalue weighted by Crippen LogP contribution is -2.03. The maximum Gasteiger partial charge on any atom is 0.243 e. The SMILES string of the molecule is CSCCCCNc1nc2ccc(Br)cn2n1. The molecule has 4 nitrogen and oxygen atoms in total. The van der Waals surface area contributed by atoms with E-state index in [9.17, 15) is 0 Å². The fourth-order valence-electron chi connectivity index (χ4n) is 1.50. The van der Waals surface area contributed by atoms with Crippen LogP contribution < -0.4 is 5.32 Å². The molecule has 2 aromatic rings. The van der Waals surface area contributed by atoms with Crippen LogP contribution in [0.2, 0.25) is 0 Å². The van der Waals surface area contributed by atoms with Crippen LogP contribution in [0.5, 0.6) is 0 Å². The molecule has 0 aliphatic carbocycles. The summed E-state index contributed by atoms with van der Waals surface area (Å²) in [5, 5.41) is 7.60. The molecule has 0 aliphatic rings. The highest BCUT2D eigenvalue weighted by Crippen LogP contribution is 2.12. The lowest BCUT2D eigenvalue weighted by Gasteiger charge is -1.99. The number of rotatable bonds is 6. The fourth-order valence-corrected chi connectivity index (χ4v) is 2.32. The Kier molecular flexibility index (Phi) is 4.67. The lowest BCUT2D eigenvalue weighted by molar-refractivity contribution is 0.832. The average molecular weight is 315 g/mol. The van der Waals surface area contributed by atoms with Crippen molar-refractivity contribution in [2.75, 3.05) is 23.9 Å². The third kappa shape index (κ3) is 3.61. The van der Waals surface area contributed by atoms with Crippen molar-refractivity contribution < 1.29 is 0 Å². The average Bonchev–Trinajstić information content (AvgIpc) is 2.70. The molecule has 0 saturated carbocycles. The van der Waals surface area contributed by atoms with Crippen molar-refractivity contribution in [3.63, 3.8) is 0 Å². The quantitative estimate of drug-likeness (QED) is 0.832. The Morgan fingerprint density at radius 2 is 2.29 bits per heavy atom. The highest BCUT2D eigenvalue weighted by atomic mass is 79.9. The van der Waals surface area contributed by atoms with Crippen molar-refractivity contribution in [2.45, 2.75) is 12.8 Å². The van der Waals surface area contributed by atoms with E-state index in [-0.39, 0.29) is 0 Å². The van der Waals surface area contributed by atoms with E-state index in [4.69, 9.17) is 0 Å². The van der Waals surface area contributed by atoms with E-state index in [0.29, 0.717) is 5.95 Å². The maximum absolute atomic E-state index is 4.39. The first kappa shape index (κ1) is 12.7. The van der Waals surface area contributed by atoms with E-state index >= 15 is 0 Å². The second kappa shape index (κ2) is 6.26. The standard InChI is InChI=1S/C11H15BrN4S/c1-17-7-3-2-6-13-11-14-10-5-4-9(12)8-16(10)15-11/h4-5,8H,2-3,6-7H2,1H3,(H,13,15). The Bertz CT molecular complexity index is 485. The molecule has 2 heterocycles. The smallest absolute Gasteiger partial charge is 0.243 e. The molecule has 0 aromatic carbocycles. The van der Waals surface area contributed by atoms with Gasteiger partial charge in [-0.1, -0.05) is 0 Å². The topological polar surface area (TPSA) is 42.2 Å². The first-order valence-electron chi connectivity index (χ1n) is 5.54. The largest absolute Gasteiger partial charge is 0.353 e. The van der Waals surface area contributed by atoms with Crippen LogP contribution in [0.4, 0.5) is 5.95 Å². The van der Waals surface area contributed by atoms with Gasteiger partial charge in [-0.05, 0) is 52.9 Å². The zero-order chi connectivity index (χ0) is 12.1. The minimum absolute atomic E-state index is 0.701. The molecule has 92 valence electrons. The van der Waals surface area contributed by atoms with Crippen LogP contribution in [-0.2, 0) is 0 Å². The molecule has 0 spiro atoms. The number of anilines is 1. The molecule has 2 rings (SSSR count). The van der Waals surface area contributed by atoms with Crippen LogP contribution in [0, 0.1) is 0 Å². The maximum atomic E-state index is 4.39. The molecule has 2 aromatic heterocycles. The lowest BCUT2D eigenvalue weighted by atomic mass is 10.3. The number of hydrogen-bond acceptors (Lipinski definition) is 4. The van der Waals surface area contributed by atoms with Crippen molar-refractivity contribution in [3.05, 3.63) is 22.8 Å². The Morgan fingerprint density at radius 1 is 1.41 bits per heavy atom. The number of fused-ring (bicyclic) bond motifs is 1. The molecule has 0 saturated heterocycles. The summed E-state index contributed by atoms with van der Waals surface area (Å²) in [4.78, 5) is 4.39. The highest BCUT2D eigenvalue weighted by Gasteiger charge is 2.02. The summed E-state index contributed by atoms with van der Waals surface area (Å²) in [5.74, 6) is 1.92. The van der Waals surface area contributed by atoms with Gasteiger partial charge in [0.15, 0.2) is 5.65 Å². The second-order valence-electron chi connectivity index (χ2n) is 3.71. The summed E-state index contributed by atoms with van der Waals surface area (Å²) in [7, 11) is 0. The van der Waals surface area contributed by atoms with E-state index in [1.807, 2.05) is 30.1 Å². The predicted octanol–water partition coefficient (Wildman–Crippen LogP) is 3.05. The number of pyridine rings is 1. The van der Waals surface area contributed by atoms with E-state index in [1.54, 1.807) is 4.52 Å². The molecule has 6 heteroatoms. The number of nitrogens with zero attached hydrogens (tertiary/aromatic N) is 3. The summed E-state index contributed by atoms with van der Waals surface area (Å²) in [6.07, 6.45) is 6.42. The van der Waals surface area contributed by atoms with E-state index in [0.717, 1.165) is 23.1 Å². The Morgan fingerprint density at radius 3 is 3.12 bits per heavy atom. The van der Waals surface area contributed by atoms with E-state index in [2.05, 4.69) is 37.6 Å². The molecule has 0 unspecified atom stereocenters. The first-order valence-corrected chi connectivity index (χ1v) is 7.73. The van der Waals surface area contributed by atoms with Gasteiger partial charge in [-0.15, -0.1) is 5.10 Å². The van der Waals surface area contributed by atoms with Crippen molar-refractivity contribution in [3.8, 4) is 0 Å². The number of nitrogens with one attached hydrogen (secondary N) is 1. The molecule has 1 N–H and O–H groups in total. The minimum atomic E-state index is 0.701. The monoisotopic (exact) mass is 314 g/mol. The molecule has 17 heavy (non-hydrogen) atoms. The van der Waals surface area contributed by atoms with Gasteiger partial charge in [-0.25, -0.2) is 4.52 Å². The normalized spacial score (nSPS) is 10.9. The van der Waals surface area contributed by atoms with Crippen LogP contribution in [0.25, 0.3) is 5.65 Å². The summed E-state index contributed by atoms with van der Waals surface area (Å²) in [6.45, 7) is 0.929. The zero-order valence-electron chi connectivity index (χ0n) is 9.69. The number of hydrogen-bond donors (Lipinski definition) is 1. The van der Waals surface area contributed by atoms with Crippen LogP contribution in [0.3, 0.4) is 0 Å². The number of unbranched alkanes of at least 4 members (excludes halogenated alkanes) is 1. The zero-order valence-corrected chi connectivity index (χ0v) is 12.1. The van der Waals surface area contributed by atoms with Gasteiger partial charge < -0.3 is 5.32 Å². The number of aromatic nitrogens is 3. The molecular weight excluding hydrogens is 300 g/mol. The van der Waals surface area contributed by atoms with Crippen molar-refractivity contribution in [1.82, 2.24) is 14.6 Å². The molecule has 0 aliphatic heterocycles. The van der Waals surface area contributed by atoms with Gasteiger partial charge in [0.25, 0.3) is 0 Å². The van der Waals surface area contributed by atoms with E-state index in [1.165, 1.54) is 12.2 Å². The van der Waals surface area contributed by atoms with Crippen molar-refractivity contribution in [1.29, 1.82) is 0 Å². The predicted molar refractivity (Wildman–Crippen MR) is 76.8 cm³/mol. The van der Waals surface area contributed by atoms with Gasteiger partial charge in [0.2, 0.25) is 5.95 Å². The van der Waals surface area contributed by atoms with Crippen LogP contribution in [-0.4, -0.2) is 33.2 Å². The molecule has 0 atom stereocenters. The van der Waals surface area contributed by atoms with Gasteiger partial charge in [0.1, 0.15) is 0 Å². The third-order valence-corrected chi connectivity index (χ3v) is 3.52. The van der Waals surface area contributed by atoms with E-state index < -0.39 is 0 Å². The third-order valence-electron chi connectivity index (χ3n) is 2.35. The number of halogens is 1. The summed E-state index contributed by atoms with van der Waals surface area (Å²) in [5.41, 5.74) is 0.861. The first-order chi connectivity index (χ1) is 8.29. The molecule has 0 radical (unpaired) electrons. The fraction of sp³-hybridized carbons (Fsp3) is 0.455. The minimum Gasteiger partial charge on any atom is -0.353 e. The van der Waals surface area contributed by atoms with Gasteiger partial charge >= 0.3 is 0 Å². The molecular formula is C11H15BrN4S. The summed E-state index contributed by atoms with van der Waals surface area (Å²) >= 11 is 5.30. The Hall–Kier alpha value is -0.750. The van der Waals surface area contributed by atoms with Crippen LogP contribution in [0.1, 0.15) is 12.8 Å². The van der Waals surface area contributed by atoms with Gasteiger partial charge in [0, 0.05) is 17.2 Å². The van der Waals surface area contributed by atoms with Crippen LogP contribution >= 0.6 is 27.7 Å². The summed E-state index contributed by atoms with van der Waals surface area (Å²) < 4.78 is 2.77. The van der Waals surface area contributed by atoms with Gasteiger partial charge in [-0.3, -0.25) is 0 Å². The molecule has 0 amide bonds. The van der Waals surface area contributed by atoms with Crippen LogP contribution in [0.15, 0.2) is 22.8 Å². The van der Waals surface area contributed by atoms with Crippen molar-refractivity contribution >= 4 is 39.3 Å². The molecule has 0 bridgehead atoms. The second-order valence-corrected chi connectivity index (χ2v) is 5.61. The summed E-state index contributed by atoms with van der Waals surface area (Å²) in [6, 6.07) is 3.91. The number of thioether (sulfide) groups is 1. The Labute approximate surface area is 113 Å². The highest BCUT2D eigenvalue weighted by molar-refractivity contribution is 9.10. The van der Waals surface area contributed by atoms with Crippen molar-refractivity contribution in [2.24, 2.45) is 0 Å². The van der Waals surface area contributed by atoms with Gasteiger partial charge in [-0.2, -0.15) is 16.7 Å². The Balaban J connectivity index is 1.91.